The standard InChI is InChI=1S/C20H24ClN3O4S2/c1-29(26)19-12-22-18(11-23-19)24-20(25)15(9-13-5-3-4-6-13)14-7-8-17(16(21)10-14)30(2,27)28/h7-8,10-13,15H,3-6,9H2,1-2H3,(H,22,24,25)/t15-,29?/m1/s1. The van der Waals surface area contributed by atoms with Gasteiger partial charge in [0.25, 0.3) is 0 Å². The number of nitrogens with one attached hydrogen (secondary N) is 1. The van der Waals surface area contributed by atoms with Crippen molar-refractivity contribution in [2.45, 2.75) is 47.9 Å². The normalized spacial score (nSPS) is 16.9. The molecule has 2 atom stereocenters. The Kier molecular flexibility index (Phi) is 7.26. The molecule has 1 heterocycles. The molecule has 162 valence electrons. The molecule has 10 heteroatoms. The van der Waals surface area contributed by atoms with E-state index in [0.717, 1.165) is 31.9 Å². The zero-order valence-corrected chi connectivity index (χ0v) is 19.2. The summed E-state index contributed by atoms with van der Waals surface area (Å²) in [5.74, 6) is -0.0692. The molecule has 7 nitrogen and oxygen atoms in total. The number of nitrogens with zero attached hydrogens (tertiary/aromatic N) is 2. The SMILES string of the molecule is CS(=O)c1cnc(NC(=O)[C@H](CC2CCCC2)c2ccc(S(C)(=O)=O)c(Cl)c2)cn1. The van der Waals surface area contributed by atoms with Crippen LogP contribution in [0, 0.1) is 5.92 Å². The van der Waals surface area contributed by atoms with E-state index >= 15 is 0 Å². The van der Waals surface area contributed by atoms with E-state index in [4.69, 9.17) is 11.6 Å². The molecule has 1 aromatic heterocycles. The monoisotopic (exact) mass is 469 g/mol. The molecule has 3 rings (SSSR count). The summed E-state index contributed by atoms with van der Waals surface area (Å²) in [5, 5.41) is 3.21. The lowest BCUT2D eigenvalue weighted by atomic mass is 9.87. The maximum Gasteiger partial charge on any atom is 0.233 e. The van der Waals surface area contributed by atoms with Crippen LogP contribution in [-0.4, -0.2) is 41.0 Å². The molecule has 1 unspecified atom stereocenters. The van der Waals surface area contributed by atoms with E-state index in [1.54, 1.807) is 12.1 Å². The van der Waals surface area contributed by atoms with Crippen molar-refractivity contribution in [3.63, 3.8) is 0 Å². The molecule has 1 amide bonds. The van der Waals surface area contributed by atoms with Crippen LogP contribution < -0.4 is 5.32 Å². The van der Waals surface area contributed by atoms with Gasteiger partial charge in [-0.3, -0.25) is 9.00 Å². The molecule has 2 aromatic rings. The van der Waals surface area contributed by atoms with Crippen LogP contribution in [0.2, 0.25) is 5.02 Å². The average molecular weight is 470 g/mol. The highest BCUT2D eigenvalue weighted by Gasteiger charge is 2.28. The number of carbonyl (C=O) groups excluding carboxylic acids is 1. The fourth-order valence-corrected chi connectivity index (χ4v) is 5.49. The molecular formula is C20H24ClN3O4S2. The molecule has 1 fully saturated rings. The third kappa shape index (κ3) is 5.65. The molecule has 0 spiro atoms. The lowest BCUT2D eigenvalue weighted by Gasteiger charge is -2.21. The van der Waals surface area contributed by atoms with Gasteiger partial charge in [0.2, 0.25) is 5.91 Å². The first-order valence-electron chi connectivity index (χ1n) is 9.61. The Balaban J connectivity index is 1.87. The van der Waals surface area contributed by atoms with Crippen molar-refractivity contribution in [3.8, 4) is 0 Å². The molecule has 1 aliphatic carbocycles. The van der Waals surface area contributed by atoms with Gasteiger partial charge < -0.3 is 5.32 Å². The summed E-state index contributed by atoms with van der Waals surface area (Å²) in [7, 11) is -4.71. The summed E-state index contributed by atoms with van der Waals surface area (Å²) in [6, 6.07) is 4.66. The Labute approximate surface area is 184 Å². The number of sulfone groups is 1. The summed E-state index contributed by atoms with van der Waals surface area (Å²) in [6.07, 6.45) is 10.4. The second-order valence-electron chi connectivity index (χ2n) is 7.58. The highest BCUT2D eigenvalue weighted by atomic mass is 35.5. The highest BCUT2D eigenvalue weighted by Crippen LogP contribution is 2.36. The number of anilines is 1. The van der Waals surface area contributed by atoms with Crippen LogP contribution in [0.25, 0.3) is 0 Å². The van der Waals surface area contributed by atoms with Gasteiger partial charge >= 0.3 is 0 Å². The minimum absolute atomic E-state index is 0.0435. The van der Waals surface area contributed by atoms with Crippen molar-refractivity contribution in [1.29, 1.82) is 0 Å². The molecular weight excluding hydrogens is 446 g/mol. The van der Waals surface area contributed by atoms with E-state index < -0.39 is 26.6 Å². The molecule has 0 saturated heterocycles. The predicted octanol–water partition coefficient (Wildman–Crippen LogP) is 3.57. The fourth-order valence-electron chi connectivity index (χ4n) is 3.75. The average Bonchev–Trinajstić information content (AvgIpc) is 3.18. The van der Waals surface area contributed by atoms with Crippen molar-refractivity contribution in [3.05, 3.63) is 41.2 Å². The van der Waals surface area contributed by atoms with Gasteiger partial charge in [0.05, 0.1) is 39.0 Å². The van der Waals surface area contributed by atoms with Gasteiger partial charge in [0, 0.05) is 12.5 Å². The fraction of sp³-hybridized carbons (Fsp3) is 0.450. The third-order valence-corrected chi connectivity index (χ3v) is 7.67. The van der Waals surface area contributed by atoms with E-state index in [2.05, 4.69) is 15.3 Å². The molecule has 30 heavy (non-hydrogen) atoms. The third-order valence-electron chi connectivity index (χ3n) is 5.29. The minimum atomic E-state index is -3.45. The van der Waals surface area contributed by atoms with Gasteiger partial charge in [-0.1, -0.05) is 43.4 Å². The summed E-state index contributed by atoms with van der Waals surface area (Å²) in [5.41, 5.74) is 0.663. The van der Waals surface area contributed by atoms with Crippen molar-refractivity contribution in [2.24, 2.45) is 5.92 Å². The number of halogens is 1. The van der Waals surface area contributed by atoms with Crippen molar-refractivity contribution in [1.82, 2.24) is 9.97 Å². The number of rotatable bonds is 7. The van der Waals surface area contributed by atoms with Gasteiger partial charge in [0.15, 0.2) is 15.7 Å². The number of benzene rings is 1. The van der Waals surface area contributed by atoms with Gasteiger partial charge in [-0.25, -0.2) is 18.4 Å². The molecule has 1 N–H and O–H groups in total. The molecule has 0 radical (unpaired) electrons. The van der Waals surface area contributed by atoms with Crippen LogP contribution in [0.4, 0.5) is 5.82 Å². The minimum Gasteiger partial charge on any atom is -0.309 e. The van der Waals surface area contributed by atoms with Gasteiger partial charge in [0.1, 0.15) is 5.03 Å². The maximum absolute atomic E-state index is 13.1. The largest absolute Gasteiger partial charge is 0.309 e. The van der Waals surface area contributed by atoms with E-state index in [1.165, 1.54) is 24.7 Å². The maximum atomic E-state index is 13.1. The molecule has 0 bridgehead atoms. The lowest BCUT2D eigenvalue weighted by Crippen LogP contribution is -2.24. The Hall–Kier alpha value is -1.84. The Bertz CT molecular complexity index is 1050. The Morgan fingerprint density at radius 3 is 2.50 bits per heavy atom. The van der Waals surface area contributed by atoms with E-state index in [-0.39, 0.29) is 21.6 Å². The van der Waals surface area contributed by atoms with E-state index in [9.17, 15) is 17.4 Å². The van der Waals surface area contributed by atoms with Gasteiger partial charge in [-0.05, 0) is 30.0 Å². The highest BCUT2D eigenvalue weighted by molar-refractivity contribution is 7.90. The van der Waals surface area contributed by atoms with Crippen LogP contribution in [0.15, 0.2) is 40.5 Å². The molecule has 1 aromatic carbocycles. The number of aromatic nitrogens is 2. The van der Waals surface area contributed by atoms with Gasteiger partial charge in [-0.2, -0.15) is 0 Å². The second kappa shape index (κ2) is 9.53. The number of amides is 1. The zero-order chi connectivity index (χ0) is 21.9. The molecule has 0 aliphatic heterocycles. The van der Waals surface area contributed by atoms with Gasteiger partial charge in [-0.15, -0.1) is 0 Å². The molecule has 1 aliphatic rings. The van der Waals surface area contributed by atoms with Crippen molar-refractivity contribution in [2.75, 3.05) is 17.8 Å². The van der Waals surface area contributed by atoms with E-state index in [0.29, 0.717) is 22.9 Å². The molecule has 1 saturated carbocycles. The smallest absolute Gasteiger partial charge is 0.233 e. The number of hydrogen-bond donors (Lipinski definition) is 1. The van der Waals surface area contributed by atoms with Crippen LogP contribution in [0.1, 0.15) is 43.6 Å². The second-order valence-corrected chi connectivity index (χ2v) is 11.3. The first kappa shape index (κ1) is 22.8. The first-order valence-corrected chi connectivity index (χ1v) is 13.4. The van der Waals surface area contributed by atoms with Crippen molar-refractivity contribution < 1.29 is 17.4 Å². The first-order chi connectivity index (χ1) is 14.1. The zero-order valence-electron chi connectivity index (χ0n) is 16.8. The Morgan fingerprint density at radius 2 is 1.97 bits per heavy atom. The van der Waals surface area contributed by atoms with E-state index in [1.807, 2.05) is 0 Å². The van der Waals surface area contributed by atoms with Crippen LogP contribution >= 0.6 is 11.6 Å². The van der Waals surface area contributed by atoms with Crippen LogP contribution in [0.5, 0.6) is 0 Å². The number of hydrogen-bond acceptors (Lipinski definition) is 6. The number of carbonyl (C=O) groups is 1. The summed E-state index contributed by atoms with van der Waals surface area (Å²) < 4.78 is 35.2. The quantitative estimate of drug-likeness (QED) is 0.664. The Morgan fingerprint density at radius 1 is 1.27 bits per heavy atom. The summed E-state index contributed by atoms with van der Waals surface area (Å²) in [4.78, 5) is 21.3. The topological polar surface area (TPSA) is 106 Å². The summed E-state index contributed by atoms with van der Waals surface area (Å²) in [6.45, 7) is 0. The lowest BCUT2D eigenvalue weighted by molar-refractivity contribution is -0.118. The predicted molar refractivity (Wildman–Crippen MR) is 117 cm³/mol. The van der Waals surface area contributed by atoms with Crippen LogP contribution in [0.3, 0.4) is 0 Å². The summed E-state index contributed by atoms with van der Waals surface area (Å²) >= 11 is 6.22. The van der Waals surface area contributed by atoms with Crippen molar-refractivity contribution >= 4 is 44.0 Å². The van der Waals surface area contributed by atoms with Crippen LogP contribution in [-0.2, 0) is 25.4 Å².